The topological polar surface area (TPSA) is 83.1 Å². The maximum Gasteiger partial charge on any atom is 0.246 e. The number of hydrogen-bond acceptors (Lipinski definition) is 6. The van der Waals surface area contributed by atoms with Gasteiger partial charge in [-0.15, -0.1) is 0 Å². The van der Waals surface area contributed by atoms with E-state index in [2.05, 4.69) is 33.5 Å². The van der Waals surface area contributed by atoms with Gasteiger partial charge in [0.25, 0.3) is 0 Å². The Morgan fingerprint density at radius 3 is 1.62 bits per heavy atom. The van der Waals surface area contributed by atoms with Gasteiger partial charge in [0.1, 0.15) is 13.2 Å². The van der Waals surface area contributed by atoms with Crippen LogP contribution in [-0.4, -0.2) is 134 Å². The number of unbranched alkanes of at least 4 members (excludes halogenated alkanes) is 1. The van der Waals surface area contributed by atoms with Crippen LogP contribution >= 0.6 is 0 Å². The molecule has 0 bridgehead atoms. The number of nitrogens with zero attached hydrogens (tertiary/aromatic N) is 2. The molecule has 0 aliphatic heterocycles. The van der Waals surface area contributed by atoms with E-state index >= 15 is 0 Å². The second-order valence-electron chi connectivity index (χ2n) is 10.3. The van der Waals surface area contributed by atoms with E-state index in [0.29, 0.717) is 52.6 Å². The molecule has 0 unspecified atom stereocenters. The summed E-state index contributed by atoms with van der Waals surface area (Å²) in [5.41, 5.74) is 0. The second-order valence-corrected chi connectivity index (χ2v) is 10.3. The summed E-state index contributed by atoms with van der Waals surface area (Å²) in [4.78, 5) is 23.7. The molecule has 1 amide bonds. The van der Waals surface area contributed by atoms with Crippen molar-refractivity contribution in [2.45, 2.75) is 46.0 Å². The fraction of sp³-hybridized carbons (Fsp3) is 0.923. The molecule has 0 atom stereocenters. The van der Waals surface area contributed by atoms with Crippen molar-refractivity contribution in [1.29, 1.82) is 0 Å². The predicted octanol–water partition coefficient (Wildman–Crippen LogP) is -4.11. The van der Waals surface area contributed by atoms with Crippen molar-refractivity contribution in [3.63, 3.8) is 0 Å². The van der Waals surface area contributed by atoms with E-state index in [4.69, 9.17) is 18.9 Å². The fourth-order valence-electron chi connectivity index (χ4n) is 3.75. The molecule has 0 aromatic carbocycles. The highest BCUT2D eigenvalue weighted by Gasteiger charge is 2.19. The summed E-state index contributed by atoms with van der Waals surface area (Å²) in [5, 5.41) is 2.93. The van der Waals surface area contributed by atoms with Gasteiger partial charge >= 0.3 is 0 Å². The summed E-state index contributed by atoms with van der Waals surface area (Å²) < 4.78 is 22.9. The lowest BCUT2D eigenvalue weighted by molar-refractivity contribution is -0.909. The van der Waals surface area contributed by atoms with Crippen LogP contribution in [0.1, 0.15) is 46.0 Å². The summed E-state index contributed by atoms with van der Waals surface area (Å²) in [6.45, 7) is 12.5. The molecule has 11 heteroatoms. The summed E-state index contributed by atoms with van der Waals surface area (Å²) in [6.07, 6.45) is 4.64. The first kappa shape index (κ1) is 41.3. The third kappa shape index (κ3) is 28.7. The lowest BCUT2D eigenvalue weighted by Crippen LogP contribution is -3.00. The molecule has 0 radical (unpaired) electrons. The van der Waals surface area contributed by atoms with Gasteiger partial charge in [-0.2, -0.15) is 0 Å². The van der Waals surface area contributed by atoms with Crippen molar-refractivity contribution in [1.82, 2.24) is 5.32 Å². The quantitative estimate of drug-likeness (QED) is 0.0790. The molecule has 0 spiro atoms. The SMILES string of the molecule is CCOCCOCC(=O)CCCC[N+](C)(C)CCC[N+](C)(C)CCCNC(=O)COCCOCC.[Br-].[Br-]. The Bertz CT molecular complexity index is 508. The minimum atomic E-state index is -0.0679. The Hall–Kier alpha value is -0.140. The van der Waals surface area contributed by atoms with E-state index in [-0.39, 0.29) is 58.9 Å². The zero-order valence-corrected chi connectivity index (χ0v) is 27.5. The van der Waals surface area contributed by atoms with Crippen LogP contribution in [0.4, 0.5) is 0 Å². The summed E-state index contributed by atoms with van der Waals surface area (Å²) in [7, 11) is 9.04. The Morgan fingerprint density at radius 1 is 0.622 bits per heavy atom. The van der Waals surface area contributed by atoms with Gasteiger partial charge in [0, 0.05) is 39.0 Å². The molecule has 0 rings (SSSR count). The zero-order valence-electron chi connectivity index (χ0n) is 24.3. The van der Waals surface area contributed by atoms with Gasteiger partial charge in [0.05, 0.1) is 80.8 Å². The Kier molecular flexibility index (Phi) is 29.2. The van der Waals surface area contributed by atoms with Crippen molar-refractivity contribution >= 4 is 11.7 Å². The normalized spacial score (nSPS) is 11.5. The molecule has 1 N–H and O–H groups in total. The Balaban J connectivity index is -0.00000578. The van der Waals surface area contributed by atoms with Gasteiger partial charge < -0.3 is 67.2 Å². The third-order valence-electron chi connectivity index (χ3n) is 5.91. The van der Waals surface area contributed by atoms with Gasteiger partial charge in [0.2, 0.25) is 5.91 Å². The lowest BCUT2D eigenvalue weighted by atomic mass is 10.1. The van der Waals surface area contributed by atoms with Gasteiger partial charge in [-0.05, 0) is 26.7 Å². The number of nitrogens with one attached hydrogen (secondary N) is 1. The molecule has 0 fully saturated rings. The number of carbonyl (C=O) groups excluding carboxylic acids is 2. The Morgan fingerprint density at radius 2 is 1.08 bits per heavy atom. The lowest BCUT2D eigenvalue weighted by Gasteiger charge is -2.33. The highest BCUT2D eigenvalue weighted by Crippen LogP contribution is 2.08. The van der Waals surface area contributed by atoms with Gasteiger partial charge in [0.15, 0.2) is 5.78 Å². The molecule has 0 heterocycles. The first-order valence-electron chi connectivity index (χ1n) is 13.3. The number of quaternary nitrogens is 2. The van der Waals surface area contributed by atoms with Crippen molar-refractivity contribution in [3.05, 3.63) is 0 Å². The highest BCUT2D eigenvalue weighted by atomic mass is 79.9. The molecule has 9 nitrogen and oxygen atoms in total. The van der Waals surface area contributed by atoms with Crippen LogP contribution < -0.4 is 39.3 Å². The van der Waals surface area contributed by atoms with Crippen LogP contribution in [0.15, 0.2) is 0 Å². The van der Waals surface area contributed by atoms with Crippen LogP contribution in [0.5, 0.6) is 0 Å². The van der Waals surface area contributed by atoms with Crippen molar-refractivity contribution in [2.75, 3.05) is 114 Å². The molecule has 0 aromatic rings. The van der Waals surface area contributed by atoms with Crippen LogP contribution in [0.3, 0.4) is 0 Å². The van der Waals surface area contributed by atoms with E-state index < -0.39 is 0 Å². The van der Waals surface area contributed by atoms with Gasteiger partial charge in [-0.1, -0.05) is 0 Å². The van der Waals surface area contributed by atoms with Gasteiger partial charge in [-0.25, -0.2) is 0 Å². The van der Waals surface area contributed by atoms with Crippen LogP contribution in [0.2, 0.25) is 0 Å². The van der Waals surface area contributed by atoms with Crippen LogP contribution in [0, 0.1) is 0 Å². The summed E-state index contributed by atoms with van der Waals surface area (Å²) in [6, 6.07) is 0. The molecule has 37 heavy (non-hydrogen) atoms. The van der Waals surface area contributed by atoms with Crippen LogP contribution in [-0.2, 0) is 28.5 Å². The molecular formula is C26H55Br2N3O6. The average Bonchev–Trinajstić information content (AvgIpc) is 2.79. The van der Waals surface area contributed by atoms with E-state index in [9.17, 15) is 9.59 Å². The van der Waals surface area contributed by atoms with E-state index in [1.54, 1.807) is 0 Å². The van der Waals surface area contributed by atoms with Crippen molar-refractivity contribution in [3.8, 4) is 0 Å². The predicted molar refractivity (Wildman–Crippen MR) is 139 cm³/mol. The standard InChI is InChI=1S/C26H54N3O6.2BrH/c1-7-32-19-21-34-23-25(30)13-9-10-15-28(3,4)17-12-18-29(5,6)16-11-14-27-26(31)24-35-22-20-33-8-2;;/h7-24H2,1-6H3;2*1H/q+1;;/p-1. The number of Topliss-reactive ketones (excluding diaryl/α,β-unsaturated/α-hetero) is 1. The second kappa shape index (κ2) is 26.1. The minimum Gasteiger partial charge on any atom is -1.00 e. The summed E-state index contributed by atoms with van der Waals surface area (Å²) in [5.74, 6) is 0.109. The number of ether oxygens (including phenoxy) is 4. The van der Waals surface area contributed by atoms with Gasteiger partial charge in [-0.3, -0.25) is 9.59 Å². The molecular weight excluding hydrogens is 610 g/mol. The first-order valence-corrected chi connectivity index (χ1v) is 13.3. The molecule has 224 valence electrons. The molecule has 0 aliphatic rings. The smallest absolute Gasteiger partial charge is 0.246 e. The number of amides is 1. The number of ketones is 1. The molecule has 0 saturated carbocycles. The fourth-order valence-corrected chi connectivity index (χ4v) is 3.75. The highest BCUT2D eigenvalue weighted by molar-refractivity contribution is 5.79. The van der Waals surface area contributed by atoms with Crippen molar-refractivity contribution < 1.29 is 71.5 Å². The van der Waals surface area contributed by atoms with E-state index in [1.807, 2.05) is 13.8 Å². The molecule has 0 aliphatic carbocycles. The first-order chi connectivity index (χ1) is 16.6. The number of hydrogen-bond donors (Lipinski definition) is 1. The van der Waals surface area contributed by atoms with E-state index in [0.717, 1.165) is 60.8 Å². The number of rotatable bonds is 25. The number of halogens is 2. The monoisotopic (exact) mass is 663 g/mol. The maximum atomic E-state index is 11.9. The van der Waals surface area contributed by atoms with E-state index in [1.165, 1.54) is 0 Å². The molecule has 0 saturated heterocycles. The minimum absolute atomic E-state index is 0. The largest absolute Gasteiger partial charge is 1.00 e. The zero-order chi connectivity index (χ0) is 26.4. The average molecular weight is 666 g/mol. The van der Waals surface area contributed by atoms with Crippen LogP contribution in [0.25, 0.3) is 0 Å². The third-order valence-corrected chi connectivity index (χ3v) is 5.91. The number of carbonyl (C=O) groups is 2. The summed E-state index contributed by atoms with van der Waals surface area (Å²) >= 11 is 0. The Labute approximate surface area is 247 Å². The van der Waals surface area contributed by atoms with Crippen molar-refractivity contribution in [2.24, 2.45) is 0 Å². The maximum absolute atomic E-state index is 11.9. The molecule has 0 aromatic heterocycles.